The molecule has 1 fully saturated rings. The third-order valence-corrected chi connectivity index (χ3v) is 6.45. The van der Waals surface area contributed by atoms with Gasteiger partial charge >= 0.3 is 0 Å². The second-order valence-electron chi connectivity index (χ2n) is 8.15. The lowest BCUT2D eigenvalue weighted by Crippen LogP contribution is -2.41. The van der Waals surface area contributed by atoms with Crippen LogP contribution in [0.25, 0.3) is 0 Å². The summed E-state index contributed by atoms with van der Waals surface area (Å²) >= 11 is 0. The summed E-state index contributed by atoms with van der Waals surface area (Å²) in [6.45, 7) is 2.02. The Labute approximate surface area is 184 Å². The molecule has 0 heterocycles. The molecule has 1 saturated carbocycles. The van der Waals surface area contributed by atoms with Crippen molar-refractivity contribution < 1.29 is 14.6 Å². The number of ether oxygens (including phenoxy) is 2. The lowest BCUT2D eigenvalue weighted by atomic mass is 9.71. The standard InChI is InChI=1S/C27H31NO3/c1-30-24-14-8-9-15-25(24)31-19-18-28-20-21-16-17-27(26(21)29,22-10-4-2-5-11-22)23-12-6-3-7-13-23/h2-15,21,26,28-29H,16-20H2,1H3/t21-,26-/m1/s1. The van der Waals surface area contributed by atoms with Gasteiger partial charge in [0.25, 0.3) is 0 Å². The summed E-state index contributed by atoms with van der Waals surface area (Å²) in [5.74, 6) is 1.68. The SMILES string of the molecule is COc1ccccc1OCCNC[C@H]1CCC(c2ccccc2)(c2ccccc2)[C@@H]1O. The van der Waals surface area contributed by atoms with Crippen LogP contribution >= 0.6 is 0 Å². The number of hydrogen-bond donors (Lipinski definition) is 2. The van der Waals surface area contributed by atoms with Crippen LogP contribution in [0.15, 0.2) is 84.9 Å². The van der Waals surface area contributed by atoms with Crippen LogP contribution in [0, 0.1) is 5.92 Å². The van der Waals surface area contributed by atoms with Crippen LogP contribution in [0.3, 0.4) is 0 Å². The van der Waals surface area contributed by atoms with Gasteiger partial charge in [0.05, 0.1) is 13.2 Å². The third kappa shape index (κ3) is 4.46. The highest BCUT2D eigenvalue weighted by Crippen LogP contribution is 2.48. The predicted molar refractivity (Wildman–Crippen MR) is 124 cm³/mol. The molecule has 3 aromatic rings. The first kappa shape index (κ1) is 21.4. The maximum Gasteiger partial charge on any atom is 0.161 e. The van der Waals surface area contributed by atoms with Crippen molar-refractivity contribution in [2.24, 2.45) is 5.92 Å². The van der Waals surface area contributed by atoms with Crippen molar-refractivity contribution in [1.82, 2.24) is 5.32 Å². The van der Waals surface area contributed by atoms with Crippen molar-refractivity contribution in [3.63, 3.8) is 0 Å². The second kappa shape index (κ2) is 9.99. The van der Waals surface area contributed by atoms with Crippen molar-refractivity contribution >= 4 is 0 Å². The topological polar surface area (TPSA) is 50.7 Å². The van der Waals surface area contributed by atoms with Gasteiger partial charge in [-0.25, -0.2) is 0 Å². The molecule has 0 spiro atoms. The number of aliphatic hydroxyl groups is 1. The summed E-state index contributed by atoms with van der Waals surface area (Å²) < 4.78 is 11.2. The van der Waals surface area contributed by atoms with Gasteiger partial charge in [0.15, 0.2) is 11.5 Å². The average molecular weight is 418 g/mol. The summed E-state index contributed by atoms with van der Waals surface area (Å²) in [6, 6.07) is 28.6. The summed E-state index contributed by atoms with van der Waals surface area (Å²) in [6.07, 6.45) is 1.47. The molecule has 2 N–H and O–H groups in total. The van der Waals surface area contributed by atoms with E-state index in [1.54, 1.807) is 7.11 Å². The van der Waals surface area contributed by atoms with Crippen molar-refractivity contribution in [2.45, 2.75) is 24.4 Å². The molecule has 162 valence electrons. The molecular formula is C27H31NO3. The zero-order valence-electron chi connectivity index (χ0n) is 18.0. The zero-order valence-corrected chi connectivity index (χ0v) is 18.0. The fourth-order valence-electron chi connectivity index (χ4n) is 4.86. The Kier molecular flexibility index (Phi) is 6.90. The van der Waals surface area contributed by atoms with Gasteiger partial charge in [-0.1, -0.05) is 72.8 Å². The van der Waals surface area contributed by atoms with Gasteiger partial charge in [0.2, 0.25) is 0 Å². The molecule has 0 radical (unpaired) electrons. The average Bonchev–Trinajstić information content (AvgIpc) is 3.17. The lowest BCUT2D eigenvalue weighted by Gasteiger charge is -2.36. The molecule has 31 heavy (non-hydrogen) atoms. The summed E-state index contributed by atoms with van der Waals surface area (Å²) in [5, 5.41) is 15.0. The maximum absolute atomic E-state index is 11.5. The van der Waals surface area contributed by atoms with E-state index in [1.807, 2.05) is 36.4 Å². The van der Waals surface area contributed by atoms with Gasteiger partial charge in [-0.2, -0.15) is 0 Å². The van der Waals surface area contributed by atoms with Crippen molar-refractivity contribution in [2.75, 3.05) is 26.8 Å². The summed E-state index contributed by atoms with van der Waals surface area (Å²) in [7, 11) is 1.65. The lowest BCUT2D eigenvalue weighted by molar-refractivity contribution is 0.0855. The molecule has 4 rings (SSSR count). The Morgan fingerprint density at radius 1 is 0.871 bits per heavy atom. The van der Waals surface area contributed by atoms with E-state index in [2.05, 4.69) is 53.8 Å². The van der Waals surface area contributed by atoms with E-state index in [-0.39, 0.29) is 11.3 Å². The Bertz CT molecular complexity index is 905. The summed E-state index contributed by atoms with van der Waals surface area (Å²) in [4.78, 5) is 0. The van der Waals surface area contributed by atoms with Crippen molar-refractivity contribution in [3.05, 3.63) is 96.1 Å². The molecular weight excluding hydrogens is 386 g/mol. The fourth-order valence-corrected chi connectivity index (χ4v) is 4.86. The highest BCUT2D eigenvalue weighted by atomic mass is 16.5. The van der Waals surface area contributed by atoms with Crippen molar-refractivity contribution in [1.29, 1.82) is 0 Å². The number of benzene rings is 3. The van der Waals surface area contributed by atoms with Gasteiger partial charge < -0.3 is 19.9 Å². The van der Waals surface area contributed by atoms with Gasteiger partial charge in [0, 0.05) is 18.5 Å². The highest BCUT2D eigenvalue weighted by Gasteiger charge is 2.49. The molecule has 0 saturated heterocycles. The molecule has 0 unspecified atom stereocenters. The fraction of sp³-hybridized carbons (Fsp3) is 0.333. The largest absolute Gasteiger partial charge is 0.493 e. The first-order chi connectivity index (χ1) is 15.3. The third-order valence-electron chi connectivity index (χ3n) is 6.45. The van der Waals surface area contributed by atoms with E-state index < -0.39 is 6.10 Å². The predicted octanol–water partition coefficient (Wildman–Crippen LogP) is 4.42. The van der Waals surface area contributed by atoms with Gasteiger partial charge in [-0.15, -0.1) is 0 Å². The van der Waals surface area contributed by atoms with Crippen LogP contribution in [0.1, 0.15) is 24.0 Å². The molecule has 2 atom stereocenters. The molecule has 0 amide bonds. The number of aliphatic hydroxyl groups excluding tert-OH is 1. The zero-order chi connectivity index (χ0) is 21.5. The Morgan fingerprint density at radius 2 is 1.45 bits per heavy atom. The summed E-state index contributed by atoms with van der Waals surface area (Å²) in [5.41, 5.74) is 2.02. The van der Waals surface area contributed by atoms with Crippen LogP contribution < -0.4 is 14.8 Å². The first-order valence-corrected chi connectivity index (χ1v) is 11.0. The minimum absolute atomic E-state index is 0.187. The molecule has 4 nitrogen and oxygen atoms in total. The van der Waals surface area contributed by atoms with Gasteiger partial charge in [0.1, 0.15) is 6.61 Å². The molecule has 3 aromatic carbocycles. The van der Waals surface area contributed by atoms with E-state index >= 15 is 0 Å². The molecule has 0 aliphatic heterocycles. The second-order valence-corrected chi connectivity index (χ2v) is 8.15. The molecule has 0 aromatic heterocycles. The van der Waals surface area contributed by atoms with Gasteiger partial charge in [-0.3, -0.25) is 0 Å². The number of nitrogens with one attached hydrogen (secondary N) is 1. The number of rotatable bonds is 9. The van der Waals surface area contributed by atoms with E-state index in [4.69, 9.17) is 9.47 Å². The Balaban J connectivity index is 1.39. The Morgan fingerprint density at radius 3 is 2.06 bits per heavy atom. The quantitative estimate of drug-likeness (QED) is 0.506. The van der Waals surface area contributed by atoms with Crippen LogP contribution in [0.5, 0.6) is 11.5 Å². The van der Waals surface area contributed by atoms with E-state index in [0.717, 1.165) is 30.9 Å². The normalized spacial score (nSPS) is 19.8. The minimum atomic E-state index is -0.445. The van der Waals surface area contributed by atoms with Gasteiger partial charge in [-0.05, 0) is 42.0 Å². The highest BCUT2D eigenvalue weighted by molar-refractivity contribution is 5.43. The smallest absolute Gasteiger partial charge is 0.161 e. The minimum Gasteiger partial charge on any atom is -0.493 e. The molecule has 4 heteroatoms. The number of methoxy groups -OCH3 is 1. The molecule has 1 aliphatic rings. The monoisotopic (exact) mass is 417 g/mol. The Hall–Kier alpha value is -2.82. The van der Waals surface area contributed by atoms with E-state index in [0.29, 0.717) is 13.2 Å². The number of hydrogen-bond acceptors (Lipinski definition) is 4. The van der Waals surface area contributed by atoms with Crippen LogP contribution in [-0.4, -0.2) is 38.0 Å². The van der Waals surface area contributed by atoms with E-state index in [9.17, 15) is 5.11 Å². The molecule has 0 bridgehead atoms. The van der Waals surface area contributed by atoms with Crippen LogP contribution in [0.4, 0.5) is 0 Å². The maximum atomic E-state index is 11.5. The van der Waals surface area contributed by atoms with Crippen molar-refractivity contribution in [3.8, 4) is 11.5 Å². The first-order valence-electron chi connectivity index (χ1n) is 11.0. The van der Waals surface area contributed by atoms with Crippen LogP contribution in [-0.2, 0) is 5.41 Å². The number of para-hydroxylation sites is 2. The molecule has 1 aliphatic carbocycles. The van der Waals surface area contributed by atoms with Crippen LogP contribution in [0.2, 0.25) is 0 Å². The van der Waals surface area contributed by atoms with E-state index in [1.165, 1.54) is 11.1 Å².